The molecule has 2 fully saturated rings. The summed E-state index contributed by atoms with van der Waals surface area (Å²) in [6.07, 6.45) is -1.38. The van der Waals surface area contributed by atoms with Crippen molar-refractivity contribution >= 4 is 52.0 Å². The molecular weight excluding hydrogens is 521 g/mol. The topological polar surface area (TPSA) is 91.0 Å². The highest BCUT2D eigenvalue weighted by Gasteiger charge is 2.39. The summed E-state index contributed by atoms with van der Waals surface area (Å²) in [4.78, 5) is 40.7. The molecule has 1 aromatic heterocycles. The van der Waals surface area contributed by atoms with E-state index in [1.807, 2.05) is 0 Å². The number of nitrogens with zero attached hydrogens (tertiary/aromatic N) is 2. The lowest BCUT2D eigenvalue weighted by Gasteiger charge is -2.31. The molecule has 194 valence electrons. The van der Waals surface area contributed by atoms with Crippen molar-refractivity contribution in [3.63, 3.8) is 0 Å². The fourth-order valence-corrected chi connectivity index (χ4v) is 4.93. The number of carbonyl (C=O) groups excluding carboxylic acids is 3. The third kappa shape index (κ3) is 6.55. The molecule has 8 nitrogen and oxygen atoms in total. The van der Waals surface area contributed by atoms with Gasteiger partial charge < -0.3 is 20.3 Å². The van der Waals surface area contributed by atoms with E-state index in [9.17, 15) is 27.6 Å². The number of hydrogen-bond donors (Lipinski definition) is 2. The Morgan fingerprint density at radius 2 is 2.03 bits per heavy atom. The number of benzene rings is 1. The molecule has 1 aromatic carbocycles. The molecule has 0 radical (unpaired) electrons. The van der Waals surface area contributed by atoms with Gasteiger partial charge in [-0.2, -0.15) is 0 Å². The van der Waals surface area contributed by atoms with Crippen molar-refractivity contribution < 1.29 is 32.3 Å². The first kappa shape index (κ1) is 26.4. The zero-order chi connectivity index (χ0) is 25.8. The van der Waals surface area contributed by atoms with Gasteiger partial charge >= 0.3 is 0 Å². The average molecular weight is 545 g/mol. The molecule has 1 saturated heterocycles. The molecule has 2 heterocycles. The number of carbonyl (C=O) groups is 3. The molecule has 1 atom stereocenters. The Bertz CT molecular complexity index is 1130. The van der Waals surface area contributed by atoms with Crippen LogP contribution in [0.25, 0.3) is 0 Å². The fourth-order valence-electron chi connectivity index (χ4n) is 3.97. The monoisotopic (exact) mass is 544 g/mol. The van der Waals surface area contributed by atoms with E-state index in [1.54, 1.807) is 6.07 Å². The summed E-state index contributed by atoms with van der Waals surface area (Å²) in [5.74, 6) is -2.26. The van der Waals surface area contributed by atoms with Crippen molar-refractivity contribution in [3.8, 4) is 0 Å². The second kappa shape index (κ2) is 11.6. The highest BCUT2D eigenvalue weighted by Crippen LogP contribution is 2.30. The number of rotatable bonds is 10. The Hall–Kier alpha value is -2.67. The van der Waals surface area contributed by atoms with Crippen LogP contribution in [0.2, 0.25) is 4.34 Å². The Labute approximate surface area is 214 Å². The molecule has 3 amide bonds. The van der Waals surface area contributed by atoms with Crippen molar-refractivity contribution in [1.82, 2.24) is 10.2 Å². The van der Waals surface area contributed by atoms with Crippen LogP contribution in [0.1, 0.15) is 22.5 Å². The minimum atomic E-state index is -2.68. The lowest BCUT2D eigenvalue weighted by molar-refractivity contribution is -0.125. The molecule has 1 aliphatic carbocycles. The van der Waals surface area contributed by atoms with Gasteiger partial charge in [0.15, 0.2) is 0 Å². The van der Waals surface area contributed by atoms with Gasteiger partial charge in [0.1, 0.15) is 18.5 Å². The standard InChI is InChI=1S/C23H24ClF3N4O4S/c24-19-6-5-18(36-19)23(34)28-10-17(31(11-20(26)27)14-2-3-14)22(33)29-13-1-4-16(15(25)9-13)30-7-8-35-12-21(30)32/h1,4-6,9,14,17,20H,2-3,7-8,10-12H2,(H,28,34)(H,29,33)/t17-/m1/s1. The van der Waals surface area contributed by atoms with Crippen LogP contribution in [0.3, 0.4) is 0 Å². The van der Waals surface area contributed by atoms with Crippen LogP contribution in [0.5, 0.6) is 0 Å². The minimum Gasteiger partial charge on any atom is -0.370 e. The summed E-state index contributed by atoms with van der Waals surface area (Å²) in [6, 6.07) is 5.61. The lowest BCUT2D eigenvalue weighted by atomic mass is 10.1. The molecule has 0 spiro atoms. The fraction of sp³-hybridized carbons (Fsp3) is 0.435. The van der Waals surface area contributed by atoms with Gasteiger partial charge in [0.2, 0.25) is 5.91 Å². The number of ether oxygens (including phenoxy) is 1. The number of hydrogen-bond acceptors (Lipinski definition) is 6. The van der Waals surface area contributed by atoms with E-state index >= 15 is 0 Å². The zero-order valence-corrected chi connectivity index (χ0v) is 20.6. The van der Waals surface area contributed by atoms with Gasteiger partial charge in [-0.3, -0.25) is 19.3 Å². The van der Waals surface area contributed by atoms with Gasteiger partial charge in [-0.05, 0) is 43.2 Å². The highest BCUT2D eigenvalue weighted by atomic mass is 35.5. The Kier molecular flexibility index (Phi) is 8.50. The largest absolute Gasteiger partial charge is 0.370 e. The van der Waals surface area contributed by atoms with E-state index < -0.39 is 36.6 Å². The molecule has 4 rings (SSSR count). The van der Waals surface area contributed by atoms with Gasteiger partial charge in [-0.1, -0.05) is 11.6 Å². The molecule has 2 aliphatic rings. The van der Waals surface area contributed by atoms with E-state index in [2.05, 4.69) is 10.6 Å². The van der Waals surface area contributed by atoms with Crippen LogP contribution in [0.4, 0.5) is 24.5 Å². The first-order chi connectivity index (χ1) is 17.2. The number of morpholine rings is 1. The Morgan fingerprint density at radius 3 is 2.64 bits per heavy atom. The van der Waals surface area contributed by atoms with Gasteiger partial charge in [0.25, 0.3) is 18.2 Å². The highest BCUT2D eigenvalue weighted by molar-refractivity contribution is 7.18. The molecule has 0 unspecified atom stereocenters. The second-order valence-electron chi connectivity index (χ2n) is 8.40. The first-order valence-corrected chi connectivity index (χ1v) is 12.5. The number of thiophene rings is 1. The van der Waals surface area contributed by atoms with E-state index in [1.165, 1.54) is 28.0 Å². The number of halogens is 4. The summed E-state index contributed by atoms with van der Waals surface area (Å²) in [6.45, 7) is -0.551. The Balaban J connectivity index is 1.49. The molecule has 2 aromatic rings. The van der Waals surface area contributed by atoms with Crippen LogP contribution >= 0.6 is 22.9 Å². The van der Waals surface area contributed by atoms with Crippen LogP contribution < -0.4 is 15.5 Å². The van der Waals surface area contributed by atoms with Crippen LogP contribution in [0.15, 0.2) is 30.3 Å². The summed E-state index contributed by atoms with van der Waals surface area (Å²) in [5.41, 5.74) is 0.146. The third-order valence-corrected chi connectivity index (χ3v) is 7.04. The molecule has 36 heavy (non-hydrogen) atoms. The smallest absolute Gasteiger partial charge is 0.261 e. The van der Waals surface area contributed by atoms with E-state index in [0.29, 0.717) is 22.1 Å². The minimum absolute atomic E-state index is 0.0528. The van der Waals surface area contributed by atoms with Crippen LogP contribution in [0, 0.1) is 5.82 Å². The van der Waals surface area contributed by atoms with Crippen molar-refractivity contribution in [2.24, 2.45) is 0 Å². The maximum Gasteiger partial charge on any atom is 0.261 e. The average Bonchev–Trinajstić information content (AvgIpc) is 3.58. The Morgan fingerprint density at radius 1 is 1.25 bits per heavy atom. The molecule has 1 saturated carbocycles. The predicted octanol–water partition coefficient (Wildman–Crippen LogP) is 3.37. The quantitative estimate of drug-likeness (QED) is 0.479. The first-order valence-electron chi connectivity index (χ1n) is 11.3. The van der Waals surface area contributed by atoms with Crippen molar-refractivity contribution in [1.29, 1.82) is 0 Å². The summed E-state index contributed by atoms with van der Waals surface area (Å²) < 4.78 is 46.9. The number of amides is 3. The van der Waals surface area contributed by atoms with Gasteiger partial charge in [-0.15, -0.1) is 11.3 Å². The van der Waals surface area contributed by atoms with E-state index in [0.717, 1.165) is 17.4 Å². The maximum atomic E-state index is 14.8. The van der Waals surface area contributed by atoms with Gasteiger partial charge in [-0.25, -0.2) is 13.2 Å². The number of anilines is 2. The van der Waals surface area contributed by atoms with Crippen LogP contribution in [-0.4, -0.2) is 74.0 Å². The lowest BCUT2D eigenvalue weighted by Crippen LogP contribution is -2.53. The van der Waals surface area contributed by atoms with Gasteiger partial charge in [0.05, 0.1) is 28.1 Å². The normalized spacial score (nSPS) is 16.9. The van der Waals surface area contributed by atoms with Gasteiger partial charge in [0, 0.05) is 24.8 Å². The van der Waals surface area contributed by atoms with E-state index in [4.69, 9.17) is 16.3 Å². The molecule has 2 N–H and O–H groups in total. The number of alkyl halides is 2. The number of nitrogens with one attached hydrogen (secondary N) is 2. The molecule has 0 bridgehead atoms. The summed E-state index contributed by atoms with van der Waals surface area (Å²) in [7, 11) is 0. The van der Waals surface area contributed by atoms with Crippen molar-refractivity contribution in [3.05, 3.63) is 45.4 Å². The molecule has 1 aliphatic heterocycles. The summed E-state index contributed by atoms with van der Waals surface area (Å²) in [5, 5.41) is 5.18. The zero-order valence-electron chi connectivity index (χ0n) is 19.0. The van der Waals surface area contributed by atoms with E-state index in [-0.39, 0.29) is 49.6 Å². The SMILES string of the molecule is O=C(NC[C@H](C(=O)Nc1ccc(N2CCOCC2=O)c(F)c1)N(CC(F)F)C1CC1)c1ccc(Cl)s1. The third-order valence-electron chi connectivity index (χ3n) is 5.81. The predicted molar refractivity (Wildman–Crippen MR) is 129 cm³/mol. The molecular formula is C23H24ClF3N4O4S. The van der Waals surface area contributed by atoms with Crippen molar-refractivity contribution in [2.75, 3.05) is 43.1 Å². The second-order valence-corrected chi connectivity index (χ2v) is 10.1. The molecule has 13 heteroatoms. The van der Waals surface area contributed by atoms with Crippen LogP contribution in [-0.2, 0) is 14.3 Å². The summed E-state index contributed by atoms with van der Waals surface area (Å²) >= 11 is 6.92. The maximum absolute atomic E-state index is 14.8. The van der Waals surface area contributed by atoms with Crippen molar-refractivity contribution in [2.45, 2.75) is 31.4 Å².